The summed E-state index contributed by atoms with van der Waals surface area (Å²) >= 11 is 3.51. The fraction of sp³-hybridized carbons (Fsp3) is 0.917. The maximum absolute atomic E-state index is 11.9. The van der Waals surface area contributed by atoms with Gasteiger partial charge < -0.3 is 9.64 Å². The molecule has 0 saturated carbocycles. The zero-order valence-corrected chi connectivity index (χ0v) is 12.2. The van der Waals surface area contributed by atoms with Crippen molar-refractivity contribution in [2.45, 2.75) is 52.2 Å². The van der Waals surface area contributed by atoms with Crippen molar-refractivity contribution in [1.29, 1.82) is 0 Å². The van der Waals surface area contributed by atoms with Gasteiger partial charge in [-0.25, -0.2) is 4.79 Å². The second kappa shape index (κ2) is 5.39. The minimum atomic E-state index is -0.400. The van der Waals surface area contributed by atoms with Crippen LogP contribution in [0.1, 0.15) is 40.5 Å². The Morgan fingerprint density at radius 1 is 1.50 bits per heavy atom. The zero-order chi connectivity index (χ0) is 12.3. The smallest absolute Gasteiger partial charge is 0.410 e. The monoisotopic (exact) mass is 291 g/mol. The Labute approximate surface area is 107 Å². The summed E-state index contributed by atoms with van der Waals surface area (Å²) < 4.78 is 5.39. The highest BCUT2D eigenvalue weighted by molar-refractivity contribution is 9.09. The number of alkyl halides is 1. The molecule has 4 heteroatoms. The van der Waals surface area contributed by atoms with Crippen LogP contribution in [0.2, 0.25) is 0 Å². The summed E-state index contributed by atoms with van der Waals surface area (Å²) in [5, 5.41) is 1.03. The van der Waals surface area contributed by atoms with Gasteiger partial charge in [-0.1, -0.05) is 15.9 Å². The van der Waals surface area contributed by atoms with Gasteiger partial charge in [0.15, 0.2) is 0 Å². The number of likely N-dealkylation sites (tertiary alicyclic amines) is 1. The second-order valence-corrected chi connectivity index (χ2v) is 6.21. The van der Waals surface area contributed by atoms with E-state index in [9.17, 15) is 4.79 Å². The van der Waals surface area contributed by atoms with E-state index >= 15 is 0 Å². The van der Waals surface area contributed by atoms with Crippen LogP contribution in [-0.4, -0.2) is 34.5 Å². The predicted octanol–water partition coefficient (Wildman–Crippen LogP) is 3.42. The third kappa shape index (κ3) is 3.96. The van der Waals surface area contributed by atoms with Gasteiger partial charge in [-0.2, -0.15) is 0 Å². The van der Waals surface area contributed by atoms with Crippen LogP contribution in [0.4, 0.5) is 4.79 Å². The molecule has 16 heavy (non-hydrogen) atoms. The summed E-state index contributed by atoms with van der Waals surface area (Å²) in [6.07, 6.45) is 1.95. The number of piperidine rings is 1. The van der Waals surface area contributed by atoms with E-state index in [1.54, 1.807) is 0 Å². The molecule has 1 amide bonds. The molecule has 0 bridgehead atoms. The number of amides is 1. The number of ether oxygens (including phenoxy) is 1. The van der Waals surface area contributed by atoms with Crippen LogP contribution in [0.5, 0.6) is 0 Å². The lowest BCUT2D eigenvalue weighted by atomic mass is 9.94. The third-order valence-corrected chi connectivity index (χ3v) is 3.75. The van der Waals surface area contributed by atoms with Crippen molar-refractivity contribution in [3.05, 3.63) is 0 Å². The maximum Gasteiger partial charge on any atom is 0.410 e. The topological polar surface area (TPSA) is 29.5 Å². The molecule has 1 rings (SSSR count). The van der Waals surface area contributed by atoms with Crippen molar-refractivity contribution in [1.82, 2.24) is 4.90 Å². The highest BCUT2D eigenvalue weighted by Crippen LogP contribution is 2.25. The van der Waals surface area contributed by atoms with Gasteiger partial charge in [0.1, 0.15) is 5.60 Å². The van der Waals surface area contributed by atoms with E-state index in [1.807, 2.05) is 25.7 Å². The first-order valence-corrected chi connectivity index (χ1v) is 7.01. The summed E-state index contributed by atoms with van der Waals surface area (Å²) in [6, 6.07) is 0.283. The van der Waals surface area contributed by atoms with Crippen LogP contribution < -0.4 is 0 Å². The maximum atomic E-state index is 11.9. The molecule has 3 nitrogen and oxygen atoms in total. The van der Waals surface area contributed by atoms with E-state index in [4.69, 9.17) is 4.74 Å². The molecule has 94 valence electrons. The van der Waals surface area contributed by atoms with Gasteiger partial charge in [0, 0.05) is 17.9 Å². The molecule has 1 saturated heterocycles. The average molecular weight is 292 g/mol. The van der Waals surface area contributed by atoms with Gasteiger partial charge in [0.05, 0.1) is 0 Å². The Kier molecular flexibility index (Phi) is 4.65. The van der Waals surface area contributed by atoms with E-state index < -0.39 is 5.60 Å². The number of hydrogen-bond acceptors (Lipinski definition) is 2. The second-order valence-electron chi connectivity index (χ2n) is 5.57. The molecular formula is C12H22BrNO2. The van der Waals surface area contributed by atoms with Crippen molar-refractivity contribution in [2.75, 3.05) is 11.9 Å². The molecule has 0 unspecified atom stereocenters. The first kappa shape index (κ1) is 13.8. The Morgan fingerprint density at radius 2 is 2.12 bits per heavy atom. The van der Waals surface area contributed by atoms with Gasteiger partial charge in [0.25, 0.3) is 0 Å². The first-order valence-electron chi connectivity index (χ1n) is 5.89. The van der Waals surface area contributed by atoms with E-state index in [0.29, 0.717) is 5.92 Å². The van der Waals surface area contributed by atoms with Crippen molar-refractivity contribution in [3.63, 3.8) is 0 Å². The third-order valence-electron chi connectivity index (χ3n) is 2.83. The molecule has 0 radical (unpaired) electrons. The van der Waals surface area contributed by atoms with Crippen LogP contribution in [-0.2, 0) is 4.74 Å². The number of carbonyl (C=O) groups excluding carboxylic acids is 1. The Morgan fingerprint density at radius 3 is 2.56 bits per heavy atom. The van der Waals surface area contributed by atoms with E-state index in [1.165, 1.54) is 0 Å². The fourth-order valence-electron chi connectivity index (χ4n) is 2.00. The van der Waals surface area contributed by atoms with Crippen molar-refractivity contribution in [3.8, 4) is 0 Å². The molecule has 0 spiro atoms. The number of halogens is 1. The van der Waals surface area contributed by atoms with Gasteiger partial charge in [-0.05, 0) is 46.5 Å². The van der Waals surface area contributed by atoms with Crippen LogP contribution >= 0.6 is 15.9 Å². The Bertz CT molecular complexity index is 250. The minimum Gasteiger partial charge on any atom is -0.444 e. The molecule has 1 aliphatic heterocycles. The summed E-state index contributed by atoms with van der Waals surface area (Å²) in [5.74, 6) is 0.689. The Balaban J connectivity index is 2.52. The van der Waals surface area contributed by atoms with Gasteiger partial charge in [-0.3, -0.25) is 0 Å². The largest absolute Gasteiger partial charge is 0.444 e. The van der Waals surface area contributed by atoms with Crippen LogP contribution in [0.15, 0.2) is 0 Å². The standard InChI is InChI=1S/C12H22BrNO2/c1-9-7-10(8-13)5-6-14(9)11(15)16-12(2,3)4/h9-10H,5-8H2,1-4H3/t9-,10+/m0/s1. The normalized spacial score (nSPS) is 26.7. The van der Waals surface area contributed by atoms with Gasteiger partial charge in [-0.15, -0.1) is 0 Å². The summed E-state index contributed by atoms with van der Waals surface area (Å²) in [7, 11) is 0. The first-order chi connectivity index (χ1) is 7.33. The summed E-state index contributed by atoms with van der Waals surface area (Å²) in [6.45, 7) is 8.62. The predicted molar refractivity (Wildman–Crippen MR) is 68.9 cm³/mol. The lowest BCUT2D eigenvalue weighted by molar-refractivity contribution is 0.00830. The summed E-state index contributed by atoms with van der Waals surface area (Å²) in [4.78, 5) is 13.8. The molecule has 2 atom stereocenters. The van der Waals surface area contributed by atoms with Crippen molar-refractivity contribution in [2.24, 2.45) is 5.92 Å². The summed E-state index contributed by atoms with van der Waals surface area (Å²) in [5.41, 5.74) is -0.400. The minimum absolute atomic E-state index is 0.173. The molecular weight excluding hydrogens is 270 g/mol. The quantitative estimate of drug-likeness (QED) is 0.693. The van der Waals surface area contributed by atoms with Gasteiger partial charge in [0.2, 0.25) is 0 Å². The van der Waals surface area contributed by atoms with Crippen LogP contribution in [0.25, 0.3) is 0 Å². The van der Waals surface area contributed by atoms with E-state index in [0.717, 1.165) is 24.7 Å². The highest BCUT2D eigenvalue weighted by Gasteiger charge is 2.31. The molecule has 1 fully saturated rings. The average Bonchev–Trinajstić information content (AvgIpc) is 2.14. The Hall–Kier alpha value is -0.250. The molecule has 1 aliphatic rings. The number of rotatable bonds is 1. The lowest BCUT2D eigenvalue weighted by Crippen LogP contribution is -2.47. The lowest BCUT2D eigenvalue weighted by Gasteiger charge is -2.37. The number of carbonyl (C=O) groups is 1. The van der Waals surface area contributed by atoms with Crippen LogP contribution in [0.3, 0.4) is 0 Å². The molecule has 0 aromatic heterocycles. The number of hydrogen-bond donors (Lipinski definition) is 0. The van der Waals surface area contributed by atoms with Crippen molar-refractivity contribution < 1.29 is 9.53 Å². The molecule has 1 heterocycles. The van der Waals surface area contributed by atoms with E-state index in [-0.39, 0.29) is 12.1 Å². The SMILES string of the molecule is C[C@H]1C[C@H](CBr)CCN1C(=O)OC(C)(C)C. The van der Waals surface area contributed by atoms with Crippen molar-refractivity contribution >= 4 is 22.0 Å². The number of nitrogens with zero attached hydrogens (tertiary/aromatic N) is 1. The van der Waals surface area contributed by atoms with E-state index in [2.05, 4.69) is 22.9 Å². The zero-order valence-electron chi connectivity index (χ0n) is 10.6. The molecule has 0 N–H and O–H groups in total. The highest BCUT2D eigenvalue weighted by atomic mass is 79.9. The fourth-order valence-corrected chi connectivity index (χ4v) is 2.59. The van der Waals surface area contributed by atoms with Crippen LogP contribution in [0, 0.1) is 5.92 Å². The molecule has 0 aromatic carbocycles. The van der Waals surface area contributed by atoms with Gasteiger partial charge >= 0.3 is 6.09 Å². The molecule has 0 aromatic rings. The molecule has 0 aliphatic carbocycles.